The molecule has 1 amide bonds. The van der Waals surface area contributed by atoms with Crippen molar-refractivity contribution in [3.8, 4) is 0 Å². The number of alkyl carbamates (subject to hydrolysis) is 1. The van der Waals surface area contributed by atoms with Gasteiger partial charge in [-0.2, -0.15) is 0 Å². The number of carbonyl (C=O) groups excluding carboxylic acids is 1. The maximum Gasteiger partial charge on any atom is 0.407 e. The van der Waals surface area contributed by atoms with Crippen LogP contribution < -0.4 is 10.6 Å². The molecular weight excluding hydrogens is 280 g/mol. The fourth-order valence-electron chi connectivity index (χ4n) is 2.62. The largest absolute Gasteiger partial charge is 0.444 e. The Balaban J connectivity index is 2.30. The molecule has 130 valence electrons. The Labute approximate surface area is 135 Å². The molecule has 2 N–H and O–H groups in total. The Morgan fingerprint density at radius 2 is 1.95 bits per heavy atom. The summed E-state index contributed by atoms with van der Waals surface area (Å²) in [6.07, 6.45) is 5.62. The van der Waals surface area contributed by atoms with Crippen LogP contribution in [-0.4, -0.2) is 43.0 Å². The molecule has 5 heteroatoms. The summed E-state index contributed by atoms with van der Waals surface area (Å²) in [5.41, 5.74) is -0.449. The first-order valence-electron chi connectivity index (χ1n) is 8.68. The molecule has 0 aliphatic heterocycles. The Morgan fingerprint density at radius 1 is 1.27 bits per heavy atom. The monoisotopic (exact) mass is 314 g/mol. The second kappa shape index (κ2) is 9.36. The molecule has 22 heavy (non-hydrogen) atoms. The van der Waals surface area contributed by atoms with Crippen molar-refractivity contribution in [2.75, 3.05) is 13.2 Å². The van der Waals surface area contributed by atoms with Gasteiger partial charge in [0.25, 0.3) is 0 Å². The van der Waals surface area contributed by atoms with Gasteiger partial charge in [-0.25, -0.2) is 4.79 Å². The molecule has 0 heterocycles. The first-order valence-corrected chi connectivity index (χ1v) is 8.68. The Kier molecular flexibility index (Phi) is 8.18. The van der Waals surface area contributed by atoms with E-state index in [4.69, 9.17) is 9.47 Å². The highest BCUT2D eigenvalue weighted by molar-refractivity contribution is 5.67. The molecule has 1 aliphatic rings. The fourth-order valence-corrected chi connectivity index (χ4v) is 2.62. The molecule has 0 aromatic carbocycles. The highest BCUT2D eigenvalue weighted by Crippen LogP contribution is 2.24. The van der Waals surface area contributed by atoms with Crippen molar-refractivity contribution in [2.24, 2.45) is 0 Å². The Hall–Kier alpha value is -0.810. The minimum Gasteiger partial charge on any atom is -0.444 e. The van der Waals surface area contributed by atoms with Crippen molar-refractivity contribution in [3.05, 3.63) is 0 Å². The predicted octanol–water partition coefficient (Wildman–Crippen LogP) is 3.23. The maximum absolute atomic E-state index is 11.8. The smallest absolute Gasteiger partial charge is 0.407 e. The number of hydrogen-bond donors (Lipinski definition) is 2. The number of ether oxygens (including phenoxy) is 2. The summed E-state index contributed by atoms with van der Waals surface area (Å²) in [6, 6.07) is 0.818. The summed E-state index contributed by atoms with van der Waals surface area (Å²) in [5.74, 6) is 0. The molecule has 0 saturated heterocycles. The zero-order chi connectivity index (χ0) is 16.6. The van der Waals surface area contributed by atoms with Crippen LogP contribution in [-0.2, 0) is 9.47 Å². The van der Waals surface area contributed by atoms with E-state index in [1.54, 1.807) is 0 Å². The number of carbonyl (C=O) groups is 1. The van der Waals surface area contributed by atoms with E-state index in [0.29, 0.717) is 24.7 Å². The Morgan fingerprint density at radius 3 is 2.50 bits per heavy atom. The maximum atomic E-state index is 11.8. The van der Waals surface area contributed by atoms with Gasteiger partial charge >= 0.3 is 6.09 Å². The van der Waals surface area contributed by atoms with Crippen LogP contribution in [0.25, 0.3) is 0 Å². The minimum absolute atomic E-state index is 0.306. The van der Waals surface area contributed by atoms with Gasteiger partial charge in [0.1, 0.15) is 5.60 Å². The van der Waals surface area contributed by atoms with Crippen LogP contribution in [0.5, 0.6) is 0 Å². The van der Waals surface area contributed by atoms with E-state index in [2.05, 4.69) is 17.6 Å². The van der Waals surface area contributed by atoms with E-state index in [1.807, 2.05) is 27.7 Å². The summed E-state index contributed by atoms with van der Waals surface area (Å²) in [5, 5.41) is 6.53. The summed E-state index contributed by atoms with van der Waals surface area (Å²) in [7, 11) is 0. The quantitative estimate of drug-likeness (QED) is 0.686. The third-order valence-corrected chi connectivity index (χ3v) is 3.77. The lowest BCUT2D eigenvalue weighted by molar-refractivity contribution is -0.0128. The molecule has 1 aliphatic carbocycles. The highest BCUT2D eigenvalue weighted by Gasteiger charge is 2.31. The van der Waals surface area contributed by atoms with Gasteiger partial charge in [-0.15, -0.1) is 0 Å². The van der Waals surface area contributed by atoms with Gasteiger partial charge in [0.15, 0.2) is 0 Å². The molecule has 0 aromatic heterocycles. The van der Waals surface area contributed by atoms with Crippen LogP contribution >= 0.6 is 0 Å². The van der Waals surface area contributed by atoms with Crippen LogP contribution in [0.1, 0.15) is 66.7 Å². The molecule has 0 spiro atoms. The second-order valence-electron chi connectivity index (χ2n) is 7.13. The summed E-state index contributed by atoms with van der Waals surface area (Å²) in [6.45, 7) is 11.3. The van der Waals surface area contributed by atoms with Gasteiger partial charge in [0.2, 0.25) is 0 Å². The molecule has 0 bridgehead atoms. The Bertz CT molecular complexity index is 322. The minimum atomic E-state index is -0.449. The molecule has 1 rings (SSSR count). The SMILES string of the molecule is CCCCC(CNC(=O)OC(C)(C)C)NC1CC(OCC)C1. The van der Waals surface area contributed by atoms with E-state index >= 15 is 0 Å². The van der Waals surface area contributed by atoms with Gasteiger partial charge < -0.3 is 20.1 Å². The molecule has 5 nitrogen and oxygen atoms in total. The lowest BCUT2D eigenvalue weighted by Crippen LogP contribution is -2.52. The molecule has 1 saturated carbocycles. The topological polar surface area (TPSA) is 59.6 Å². The molecule has 0 aromatic rings. The zero-order valence-corrected chi connectivity index (χ0v) is 14.9. The average molecular weight is 314 g/mol. The molecule has 1 fully saturated rings. The summed E-state index contributed by atoms with van der Waals surface area (Å²) >= 11 is 0. The van der Waals surface area contributed by atoms with Crippen molar-refractivity contribution in [3.63, 3.8) is 0 Å². The zero-order valence-electron chi connectivity index (χ0n) is 14.9. The lowest BCUT2D eigenvalue weighted by Gasteiger charge is -2.38. The number of unbranched alkanes of at least 4 members (excludes halogenated alkanes) is 1. The van der Waals surface area contributed by atoms with Gasteiger partial charge in [0, 0.05) is 25.2 Å². The summed E-state index contributed by atoms with van der Waals surface area (Å²) in [4.78, 5) is 11.8. The van der Waals surface area contributed by atoms with Crippen molar-refractivity contribution < 1.29 is 14.3 Å². The van der Waals surface area contributed by atoms with E-state index in [0.717, 1.165) is 38.7 Å². The first-order chi connectivity index (χ1) is 10.3. The van der Waals surface area contributed by atoms with Crippen LogP contribution in [0.2, 0.25) is 0 Å². The number of amides is 1. The standard InChI is InChI=1S/C17H34N2O3/c1-6-8-9-13(12-18-16(20)22-17(3,4)5)19-14-10-15(11-14)21-7-2/h13-15,19H,6-12H2,1-5H3,(H,18,20). The third kappa shape index (κ3) is 7.99. The molecule has 0 radical (unpaired) electrons. The fraction of sp³-hybridized carbons (Fsp3) is 0.941. The van der Waals surface area contributed by atoms with Gasteiger partial charge in [-0.1, -0.05) is 19.8 Å². The molecule has 1 atom stereocenters. The first kappa shape index (κ1) is 19.2. The van der Waals surface area contributed by atoms with Gasteiger partial charge in [0.05, 0.1) is 6.10 Å². The van der Waals surface area contributed by atoms with E-state index in [1.165, 1.54) is 0 Å². The highest BCUT2D eigenvalue weighted by atomic mass is 16.6. The van der Waals surface area contributed by atoms with Crippen molar-refractivity contribution in [1.29, 1.82) is 0 Å². The second-order valence-corrected chi connectivity index (χ2v) is 7.13. The normalized spacial score (nSPS) is 22.8. The van der Waals surface area contributed by atoms with Crippen LogP contribution in [0.3, 0.4) is 0 Å². The summed E-state index contributed by atoms with van der Waals surface area (Å²) < 4.78 is 10.9. The van der Waals surface area contributed by atoms with Crippen molar-refractivity contribution in [2.45, 2.75) is 90.5 Å². The van der Waals surface area contributed by atoms with Gasteiger partial charge in [-0.3, -0.25) is 0 Å². The average Bonchev–Trinajstić information content (AvgIpc) is 2.36. The van der Waals surface area contributed by atoms with Crippen molar-refractivity contribution >= 4 is 6.09 Å². The van der Waals surface area contributed by atoms with Crippen LogP contribution in [0.4, 0.5) is 4.79 Å². The predicted molar refractivity (Wildman–Crippen MR) is 89.1 cm³/mol. The lowest BCUT2D eigenvalue weighted by atomic mass is 9.88. The van der Waals surface area contributed by atoms with E-state index in [-0.39, 0.29) is 6.09 Å². The van der Waals surface area contributed by atoms with Crippen LogP contribution in [0, 0.1) is 0 Å². The third-order valence-electron chi connectivity index (χ3n) is 3.77. The van der Waals surface area contributed by atoms with Crippen molar-refractivity contribution in [1.82, 2.24) is 10.6 Å². The molecular formula is C17H34N2O3. The molecule has 1 unspecified atom stereocenters. The number of rotatable bonds is 9. The van der Waals surface area contributed by atoms with E-state index in [9.17, 15) is 4.79 Å². The van der Waals surface area contributed by atoms with Crippen LogP contribution in [0.15, 0.2) is 0 Å². The van der Waals surface area contributed by atoms with E-state index < -0.39 is 5.60 Å². The number of nitrogens with one attached hydrogen (secondary N) is 2. The van der Waals surface area contributed by atoms with Gasteiger partial charge in [-0.05, 0) is 47.0 Å². The number of hydrogen-bond acceptors (Lipinski definition) is 4.